The molecule has 2 saturated carbocycles. The van der Waals surface area contributed by atoms with Crippen LogP contribution in [0.25, 0.3) is 0 Å². The van der Waals surface area contributed by atoms with Gasteiger partial charge in [0.25, 0.3) is 0 Å². The molecule has 1 N–H and O–H groups in total. The van der Waals surface area contributed by atoms with E-state index in [9.17, 15) is 14.0 Å². The van der Waals surface area contributed by atoms with E-state index >= 15 is 0 Å². The van der Waals surface area contributed by atoms with Gasteiger partial charge in [-0.1, -0.05) is 12.1 Å². The Morgan fingerprint density at radius 1 is 1.30 bits per heavy atom. The molecule has 0 aromatic heterocycles. The summed E-state index contributed by atoms with van der Waals surface area (Å²) in [4.78, 5) is 25.0. The van der Waals surface area contributed by atoms with E-state index in [1.165, 1.54) is 12.1 Å². The minimum Gasteiger partial charge on any atom is -0.481 e. The molecule has 0 aliphatic heterocycles. The van der Waals surface area contributed by atoms with E-state index in [1.807, 2.05) is 0 Å². The molecule has 1 aromatic carbocycles. The number of hydrogen-bond acceptors (Lipinski definition) is 2. The zero-order valence-corrected chi connectivity index (χ0v) is 11.0. The summed E-state index contributed by atoms with van der Waals surface area (Å²) in [6.07, 6.45) is 2.33. The van der Waals surface area contributed by atoms with Crippen LogP contribution in [-0.2, 0) is 16.1 Å². The van der Waals surface area contributed by atoms with Crippen molar-refractivity contribution >= 4 is 11.9 Å². The van der Waals surface area contributed by atoms with Crippen molar-refractivity contribution in [3.05, 3.63) is 35.6 Å². The fourth-order valence-electron chi connectivity index (χ4n) is 2.56. The predicted octanol–water partition coefficient (Wildman–Crippen LogP) is 2.04. The smallest absolute Gasteiger partial charge is 0.307 e. The molecule has 0 spiro atoms. The molecule has 2 aliphatic rings. The molecule has 0 saturated heterocycles. The number of carbonyl (C=O) groups is 2. The van der Waals surface area contributed by atoms with E-state index in [2.05, 4.69) is 0 Å². The monoisotopic (exact) mass is 277 g/mol. The Balaban J connectivity index is 1.70. The van der Waals surface area contributed by atoms with Crippen LogP contribution in [0.5, 0.6) is 0 Å². The van der Waals surface area contributed by atoms with Gasteiger partial charge >= 0.3 is 5.97 Å². The summed E-state index contributed by atoms with van der Waals surface area (Å²) in [5.74, 6) is -2.23. The van der Waals surface area contributed by atoms with Crippen LogP contribution < -0.4 is 0 Å². The number of carboxylic acids is 1. The van der Waals surface area contributed by atoms with Crippen LogP contribution in [0.3, 0.4) is 0 Å². The highest BCUT2D eigenvalue weighted by Crippen LogP contribution is 2.42. The summed E-state index contributed by atoms with van der Waals surface area (Å²) in [5.41, 5.74) is 0.748. The van der Waals surface area contributed by atoms with Crippen LogP contribution in [0.4, 0.5) is 4.39 Å². The van der Waals surface area contributed by atoms with Crippen molar-refractivity contribution in [1.29, 1.82) is 0 Å². The number of hydrogen-bond donors (Lipinski definition) is 1. The van der Waals surface area contributed by atoms with Crippen LogP contribution in [0, 0.1) is 17.7 Å². The maximum absolute atomic E-state index is 13.2. The van der Waals surface area contributed by atoms with Crippen molar-refractivity contribution < 1.29 is 19.1 Å². The summed E-state index contributed by atoms with van der Waals surface area (Å²) < 4.78 is 13.2. The molecule has 3 rings (SSSR count). The first kappa shape index (κ1) is 13.1. The molecule has 20 heavy (non-hydrogen) atoms. The summed E-state index contributed by atoms with van der Waals surface area (Å²) in [6, 6.07) is 6.39. The molecule has 0 unspecified atom stereocenters. The minimum atomic E-state index is -0.898. The van der Waals surface area contributed by atoms with Gasteiger partial charge in [0, 0.05) is 12.6 Å². The Hall–Kier alpha value is -1.91. The van der Waals surface area contributed by atoms with Gasteiger partial charge in [-0.2, -0.15) is 0 Å². The lowest BCUT2D eigenvalue weighted by molar-refractivity contribution is -0.142. The maximum atomic E-state index is 13.2. The number of carbonyl (C=O) groups excluding carboxylic acids is 1. The van der Waals surface area contributed by atoms with Crippen LogP contribution in [-0.4, -0.2) is 27.9 Å². The van der Waals surface area contributed by atoms with E-state index in [0.29, 0.717) is 13.0 Å². The molecule has 0 bridgehead atoms. The lowest BCUT2D eigenvalue weighted by Gasteiger charge is -2.22. The molecular weight excluding hydrogens is 261 g/mol. The second kappa shape index (κ2) is 4.89. The first-order valence-corrected chi connectivity index (χ1v) is 6.84. The third kappa shape index (κ3) is 2.66. The Labute approximate surface area is 116 Å². The lowest BCUT2D eigenvalue weighted by Crippen LogP contribution is -2.34. The molecule has 1 aromatic rings. The summed E-state index contributed by atoms with van der Waals surface area (Å²) >= 11 is 0. The van der Waals surface area contributed by atoms with Gasteiger partial charge in [-0.05, 0) is 37.0 Å². The molecule has 106 valence electrons. The highest BCUT2D eigenvalue weighted by Gasteiger charge is 2.51. The van der Waals surface area contributed by atoms with Crippen LogP contribution in [0.2, 0.25) is 0 Å². The van der Waals surface area contributed by atoms with Crippen molar-refractivity contribution in [1.82, 2.24) is 4.90 Å². The zero-order valence-electron chi connectivity index (χ0n) is 11.0. The molecule has 0 radical (unpaired) electrons. The number of nitrogens with zero attached hydrogens (tertiary/aromatic N) is 1. The van der Waals surface area contributed by atoms with Crippen molar-refractivity contribution in [2.45, 2.75) is 31.8 Å². The van der Waals surface area contributed by atoms with Crippen molar-refractivity contribution in [3.8, 4) is 0 Å². The average Bonchev–Trinajstić information content (AvgIpc) is 3.28. The molecule has 4 nitrogen and oxygen atoms in total. The zero-order chi connectivity index (χ0) is 14.3. The molecule has 0 heterocycles. The Bertz CT molecular complexity index is 556. The second-order valence-corrected chi connectivity index (χ2v) is 5.61. The van der Waals surface area contributed by atoms with Gasteiger partial charge < -0.3 is 10.0 Å². The van der Waals surface area contributed by atoms with Crippen LogP contribution in [0.15, 0.2) is 24.3 Å². The van der Waals surface area contributed by atoms with Gasteiger partial charge in [-0.25, -0.2) is 4.39 Å². The predicted molar refractivity (Wildman–Crippen MR) is 69.2 cm³/mol. The third-order valence-corrected chi connectivity index (χ3v) is 3.94. The topological polar surface area (TPSA) is 57.6 Å². The number of carboxylic acid groups (broad SMARTS) is 1. The van der Waals surface area contributed by atoms with Gasteiger partial charge in [-0.3, -0.25) is 9.59 Å². The number of rotatable bonds is 5. The Morgan fingerprint density at radius 3 is 2.60 bits per heavy atom. The van der Waals surface area contributed by atoms with Crippen molar-refractivity contribution in [3.63, 3.8) is 0 Å². The second-order valence-electron chi connectivity index (χ2n) is 5.61. The lowest BCUT2D eigenvalue weighted by atomic mass is 10.2. The van der Waals surface area contributed by atoms with E-state index in [4.69, 9.17) is 5.11 Å². The number of amides is 1. The number of benzene rings is 1. The van der Waals surface area contributed by atoms with E-state index in [-0.39, 0.29) is 23.7 Å². The fraction of sp³-hybridized carbons (Fsp3) is 0.467. The largest absolute Gasteiger partial charge is 0.481 e. The highest BCUT2D eigenvalue weighted by atomic mass is 19.1. The van der Waals surface area contributed by atoms with Gasteiger partial charge in [-0.15, -0.1) is 0 Å². The number of aliphatic carboxylic acids is 1. The van der Waals surface area contributed by atoms with Crippen molar-refractivity contribution in [2.75, 3.05) is 0 Å². The first-order chi connectivity index (χ1) is 9.56. The average molecular weight is 277 g/mol. The first-order valence-electron chi connectivity index (χ1n) is 6.84. The summed E-state index contributed by atoms with van der Waals surface area (Å²) in [5, 5.41) is 8.91. The summed E-state index contributed by atoms with van der Waals surface area (Å²) in [6.45, 7) is 0.365. The van der Waals surface area contributed by atoms with Gasteiger partial charge in [0.05, 0.1) is 11.8 Å². The van der Waals surface area contributed by atoms with E-state index in [0.717, 1.165) is 18.4 Å². The molecule has 5 heteroatoms. The number of halogens is 1. The minimum absolute atomic E-state index is 0.0934. The molecule has 2 aliphatic carbocycles. The van der Waals surface area contributed by atoms with Gasteiger partial charge in [0.15, 0.2) is 0 Å². The third-order valence-electron chi connectivity index (χ3n) is 3.94. The summed E-state index contributed by atoms with van der Waals surface area (Å²) in [7, 11) is 0. The standard InChI is InChI=1S/C15H16FNO3/c16-10-3-1-2-9(6-10)8-17(11-4-5-11)14(18)12-7-13(12)15(19)20/h1-3,6,11-13H,4-5,7-8H2,(H,19,20)/t12-,13-/m0/s1. The van der Waals surface area contributed by atoms with Gasteiger partial charge in [0.1, 0.15) is 5.82 Å². The van der Waals surface area contributed by atoms with E-state index < -0.39 is 11.9 Å². The fourth-order valence-corrected chi connectivity index (χ4v) is 2.56. The Kier molecular flexibility index (Phi) is 3.20. The van der Waals surface area contributed by atoms with Crippen LogP contribution in [0.1, 0.15) is 24.8 Å². The molecule has 1 amide bonds. The van der Waals surface area contributed by atoms with E-state index in [1.54, 1.807) is 17.0 Å². The maximum Gasteiger partial charge on any atom is 0.307 e. The van der Waals surface area contributed by atoms with Gasteiger partial charge in [0.2, 0.25) is 5.91 Å². The molecule has 2 atom stereocenters. The normalized spacial score (nSPS) is 24.2. The van der Waals surface area contributed by atoms with Crippen LogP contribution >= 0.6 is 0 Å². The molecule has 2 fully saturated rings. The SMILES string of the molecule is O=C(O)[C@H]1C[C@@H]1C(=O)N(Cc1cccc(F)c1)C1CC1. The molecular formula is C15H16FNO3. The highest BCUT2D eigenvalue weighted by molar-refractivity contribution is 5.89. The Morgan fingerprint density at radius 2 is 2.05 bits per heavy atom. The quantitative estimate of drug-likeness (QED) is 0.896. The van der Waals surface area contributed by atoms with Crippen molar-refractivity contribution in [2.24, 2.45) is 11.8 Å².